The molecule has 0 saturated carbocycles. The number of ether oxygens (including phenoxy) is 1. The molecule has 0 heterocycles. The smallest absolute Gasteiger partial charge is 0.337 e. The minimum Gasteiger partial charge on any atom is -0.465 e. The van der Waals surface area contributed by atoms with Gasteiger partial charge in [-0.3, -0.25) is 15.1 Å². The Labute approximate surface area is 92.3 Å². The average Bonchev–Trinajstić information content (AvgIpc) is 2.28. The molecule has 0 aromatic heterocycles. The van der Waals surface area contributed by atoms with E-state index in [9.17, 15) is 9.59 Å². The van der Waals surface area contributed by atoms with Gasteiger partial charge < -0.3 is 10.5 Å². The molecule has 1 amide bonds. The third-order valence-corrected chi connectivity index (χ3v) is 1.71. The number of amides is 1. The maximum atomic E-state index is 11.1. The maximum absolute atomic E-state index is 11.1. The van der Waals surface area contributed by atoms with Gasteiger partial charge in [0.2, 0.25) is 5.91 Å². The summed E-state index contributed by atoms with van der Waals surface area (Å²) in [5.74, 6) is -0.983. The Hall–Kier alpha value is -2.08. The molecule has 0 aliphatic heterocycles. The highest BCUT2D eigenvalue weighted by Gasteiger charge is 2.04. The van der Waals surface area contributed by atoms with Crippen molar-refractivity contribution in [1.82, 2.24) is 0 Å². The van der Waals surface area contributed by atoms with Crippen LogP contribution >= 0.6 is 0 Å². The summed E-state index contributed by atoms with van der Waals surface area (Å²) in [6.07, 6.45) is 0. The summed E-state index contributed by atoms with van der Waals surface area (Å²) >= 11 is 0. The summed E-state index contributed by atoms with van der Waals surface area (Å²) < 4.78 is 4.54. The Balaban J connectivity index is 2.51. The van der Waals surface area contributed by atoms with Gasteiger partial charge in [-0.1, -0.05) is 0 Å². The van der Waals surface area contributed by atoms with E-state index in [2.05, 4.69) is 10.2 Å². The highest BCUT2D eigenvalue weighted by atomic mass is 16.6. The summed E-state index contributed by atoms with van der Waals surface area (Å²) in [7, 11) is 1.31. The third-order valence-electron chi connectivity index (χ3n) is 1.71. The molecule has 0 fully saturated rings. The molecular weight excluding hydrogens is 212 g/mol. The second-order valence-corrected chi connectivity index (χ2v) is 2.93. The fraction of sp³-hybridized carbons (Fsp3) is 0.200. The molecule has 0 unspecified atom stereocenters. The number of rotatable bonds is 5. The monoisotopic (exact) mass is 224 g/mol. The van der Waals surface area contributed by atoms with Gasteiger partial charge in [-0.15, -0.1) is 0 Å². The maximum Gasteiger partial charge on any atom is 0.337 e. The molecule has 0 aliphatic carbocycles. The van der Waals surface area contributed by atoms with Crippen LogP contribution in [-0.2, 0) is 14.4 Å². The molecule has 1 rings (SSSR count). The van der Waals surface area contributed by atoms with Gasteiger partial charge >= 0.3 is 5.97 Å². The predicted molar refractivity (Wildman–Crippen MR) is 56.6 cm³/mol. The fourth-order valence-corrected chi connectivity index (χ4v) is 0.983. The molecule has 0 spiro atoms. The molecule has 6 nitrogen and oxygen atoms in total. The number of primary amides is 1. The van der Waals surface area contributed by atoms with Crippen LogP contribution in [0.25, 0.3) is 0 Å². The Morgan fingerprint density at radius 1 is 1.31 bits per heavy atom. The third kappa shape index (κ3) is 3.58. The Kier molecular flexibility index (Phi) is 4.28. The van der Waals surface area contributed by atoms with Crippen molar-refractivity contribution in [1.29, 1.82) is 0 Å². The van der Waals surface area contributed by atoms with Crippen molar-refractivity contribution < 1.29 is 19.2 Å². The molecule has 16 heavy (non-hydrogen) atoms. The molecule has 0 aliphatic rings. The van der Waals surface area contributed by atoms with E-state index in [0.29, 0.717) is 11.3 Å². The number of nitrogens with two attached hydrogens (primary N) is 1. The standard InChI is InChI=1S/C10H12N2O4/c1-15-10(14)7-2-4-8(5-3-7)12-16-6-9(11)13/h2-5,12H,6H2,1H3,(H2,11,13). The molecule has 0 saturated heterocycles. The number of nitrogens with one attached hydrogen (secondary N) is 1. The van der Waals surface area contributed by atoms with Crippen molar-refractivity contribution >= 4 is 17.6 Å². The van der Waals surface area contributed by atoms with Gasteiger partial charge in [-0.05, 0) is 24.3 Å². The van der Waals surface area contributed by atoms with Crippen LogP contribution in [0.15, 0.2) is 24.3 Å². The summed E-state index contributed by atoms with van der Waals surface area (Å²) in [6, 6.07) is 6.38. The Morgan fingerprint density at radius 3 is 2.44 bits per heavy atom. The first-order valence-electron chi connectivity index (χ1n) is 4.48. The first-order valence-corrected chi connectivity index (χ1v) is 4.48. The molecule has 86 valence electrons. The molecule has 1 aromatic carbocycles. The van der Waals surface area contributed by atoms with Gasteiger partial charge in [0.05, 0.1) is 18.4 Å². The van der Waals surface area contributed by atoms with E-state index in [-0.39, 0.29) is 6.61 Å². The number of benzene rings is 1. The van der Waals surface area contributed by atoms with Crippen molar-refractivity contribution in [2.75, 3.05) is 19.2 Å². The average molecular weight is 224 g/mol. The molecule has 0 atom stereocenters. The number of carbonyl (C=O) groups excluding carboxylic acids is 2. The Bertz CT molecular complexity index is 375. The van der Waals surface area contributed by atoms with Crippen LogP contribution in [0.5, 0.6) is 0 Å². The van der Waals surface area contributed by atoms with Crippen molar-refractivity contribution in [2.45, 2.75) is 0 Å². The zero-order chi connectivity index (χ0) is 12.0. The second-order valence-electron chi connectivity index (χ2n) is 2.93. The van der Waals surface area contributed by atoms with Crippen LogP contribution in [0, 0.1) is 0 Å². The normalized spacial score (nSPS) is 9.56. The fourth-order valence-electron chi connectivity index (χ4n) is 0.983. The van der Waals surface area contributed by atoms with Gasteiger partial charge in [0.15, 0.2) is 6.61 Å². The van der Waals surface area contributed by atoms with Crippen LogP contribution in [0.3, 0.4) is 0 Å². The van der Waals surface area contributed by atoms with Crippen molar-refractivity contribution in [3.63, 3.8) is 0 Å². The van der Waals surface area contributed by atoms with E-state index in [0.717, 1.165) is 0 Å². The summed E-state index contributed by atoms with van der Waals surface area (Å²) in [4.78, 5) is 26.2. The van der Waals surface area contributed by atoms with Crippen molar-refractivity contribution in [3.05, 3.63) is 29.8 Å². The van der Waals surface area contributed by atoms with E-state index in [1.807, 2.05) is 0 Å². The van der Waals surface area contributed by atoms with E-state index in [4.69, 9.17) is 10.6 Å². The zero-order valence-corrected chi connectivity index (χ0v) is 8.73. The van der Waals surface area contributed by atoms with E-state index in [1.165, 1.54) is 7.11 Å². The van der Waals surface area contributed by atoms with Crippen LogP contribution in [-0.4, -0.2) is 25.6 Å². The van der Waals surface area contributed by atoms with Crippen LogP contribution in [0.2, 0.25) is 0 Å². The number of esters is 1. The van der Waals surface area contributed by atoms with Crippen LogP contribution in [0.4, 0.5) is 5.69 Å². The number of carbonyl (C=O) groups is 2. The highest BCUT2D eigenvalue weighted by Crippen LogP contribution is 2.10. The zero-order valence-electron chi connectivity index (χ0n) is 8.73. The van der Waals surface area contributed by atoms with Gasteiger partial charge in [0.25, 0.3) is 0 Å². The SMILES string of the molecule is COC(=O)c1ccc(NOCC(N)=O)cc1. The highest BCUT2D eigenvalue weighted by molar-refractivity contribution is 5.89. The Morgan fingerprint density at radius 2 is 1.94 bits per heavy atom. The number of hydrogen-bond donors (Lipinski definition) is 2. The lowest BCUT2D eigenvalue weighted by molar-refractivity contribution is -0.121. The molecule has 0 radical (unpaired) electrons. The molecule has 6 heteroatoms. The lowest BCUT2D eigenvalue weighted by Crippen LogP contribution is -2.20. The number of hydrogen-bond acceptors (Lipinski definition) is 5. The van der Waals surface area contributed by atoms with Gasteiger partial charge in [0.1, 0.15) is 0 Å². The van der Waals surface area contributed by atoms with Crippen LogP contribution < -0.4 is 11.2 Å². The summed E-state index contributed by atoms with van der Waals surface area (Å²) in [5, 5.41) is 0. The summed E-state index contributed by atoms with van der Waals surface area (Å²) in [5.41, 5.74) is 8.42. The van der Waals surface area contributed by atoms with E-state index >= 15 is 0 Å². The molecule has 0 bridgehead atoms. The largest absolute Gasteiger partial charge is 0.465 e. The molecule has 3 N–H and O–H groups in total. The first kappa shape index (κ1) is 12.0. The number of anilines is 1. The quantitative estimate of drug-likeness (QED) is 0.554. The number of methoxy groups -OCH3 is 1. The lowest BCUT2D eigenvalue weighted by Gasteiger charge is -2.05. The first-order chi connectivity index (χ1) is 7.63. The van der Waals surface area contributed by atoms with Crippen molar-refractivity contribution in [2.24, 2.45) is 5.73 Å². The molecule has 1 aromatic rings. The van der Waals surface area contributed by atoms with E-state index in [1.54, 1.807) is 24.3 Å². The minimum atomic E-state index is -0.571. The van der Waals surface area contributed by atoms with E-state index < -0.39 is 11.9 Å². The van der Waals surface area contributed by atoms with Crippen molar-refractivity contribution in [3.8, 4) is 0 Å². The van der Waals surface area contributed by atoms with Gasteiger partial charge in [-0.25, -0.2) is 4.79 Å². The minimum absolute atomic E-state index is 0.223. The lowest BCUT2D eigenvalue weighted by atomic mass is 10.2. The van der Waals surface area contributed by atoms with Gasteiger partial charge in [0, 0.05) is 0 Å². The van der Waals surface area contributed by atoms with Gasteiger partial charge in [-0.2, -0.15) is 0 Å². The second kappa shape index (κ2) is 5.72. The van der Waals surface area contributed by atoms with Crippen LogP contribution in [0.1, 0.15) is 10.4 Å². The topological polar surface area (TPSA) is 90.7 Å². The summed E-state index contributed by atoms with van der Waals surface area (Å²) in [6.45, 7) is -0.223. The predicted octanol–water partition coefficient (Wildman–Crippen LogP) is 0.302. The molecular formula is C10H12N2O4.